The van der Waals surface area contributed by atoms with Crippen LogP contribution in [0.4, 0.5) is 4.79 Å². The van der Waals surface area contributed by atoms with Crippen molar-refractivity contribution >= 4 is 26.6 Å². The third-order valence-electron chi connectivity index (χ3n) is 3.74. The van der Waals surface area contributed by atoms with Crippen molar-refractivity contribution in [3.05, 3.63) is 42.2 Å². The zero-order valence-electron chi connectivity index (χ0n) is 12.0. The second-order valence-corrected chi connectivity index (χ2v) is 7.63. The van der Waals surface area contributed by atoms with E-state index in [0.717, 1.165) is 16.5 Å². The molecule has 1 saturated heterocycles. The minimum atomic E-state index is -2.99. The highest BCUT2D eigenvalue weighted by Crippen LogP contribution is 2.16. The van der Waals surface area contributed by atoms with Crippen molar-refractivity contribution in [2.45, 2.75) is 19.0 Å². The van der Waals surface area contributed by atoms with E-state index in [1.807, 2.05) is 30.3 Å². The lowest BCUT2D eigenvalue weighted by Crippen LogP contribution is -2.42. The first-order chi connectivity index (χ1) is 10.5. The summed E-state index contributed by atoms with van der Waals surface area (Å²) in [5.74, 6) is 0.162. The van der Waals surface area contributed by atoms with Crippen LogP contribution in [0.3, 0.4) is 0 Å². The molecule has 1 aromatic heterocycles. The molecule has 0 spiro atoms. The van der Waals surface area contributed by atoms with Crippen LogP contribution < -0.4 is 10.6 Å². The van der Waals surface area contributed by atoms with Crippen LogP contribution in [0.1, 0.15) is 12.1 Å². The smallest absolute Gasteiger partial charge is 0.315 e. The molecule has 7 heteroatoms. The monoisotopic (exact) mass is 319 g/mol. The van der Waals surface area contributed by atoms with Crippen LogP contribution in [0.5, 0.6) is 0 Å². The van der Waals surface area contributed by atoms with Crippen molar-refractivity contribution in [3.63, 3.8) is 0 Å². The molecular formula is C15H17N3O3S. The Morgan fingerprint density at radius 2 is 2.09 bits per heavy atom. The summed E-state index contributed by atoms with van der Waals surface area (Å²) in [6.07, 6.45) is 2.18. The number of hydrogen-bond donors (Lipinski definition) is 2. The van der Waals surface area contributed by atoms with Crippen LogP contribution in [0.15, 0.2) is 36.5 Å². The van der Waals surface area contributed by atoms with Gasteiger partial charge < -0.3 is 10.6 Å². The molecule has 0 aliphatic carbocycles. The van der Waals surface area contributed by atoms with Crippen LogP contribution in [-0.2, 0) is 16.4 Å². The predicted octanol–water partition coefficient (Wildman–Crippen LogP) is 1.22. The zero-order chi connectivity index (χ0) is 15.6. The third kappa shape index (κ3) is 3.36. The second-order valence-electron chi connectivity index (χ2n) is 5.41. The maximum absolute atomic E-state index is 11.9. The number of hydrogen-bond acceptors (Lipinski definition) is 4. The maximum Gasteiger partial charge on any atom is 0.315 e. The first-order valence-corrected chi connectivity index (χ1v) is 8.93. The Balaban J connectivity index is 1.61. The van der Waals surface area contributed by atoms with Gasteiger partial charge in [-0.05, 0) is 17.9 Å². The van der Waals surface area contributed by atoms with E-state index in [1.54, 1.807) is 6.20 Å². The summed E-state index contributed by atoms with van der Waals surface area (Å²) in [5, 5.41) is 7.49. The molecule has 6 nitrogen and oxygen atoms in total. The van der Waals surface area contributed by atoms with Crippen LogP contribution in [-0.4, -0.2) is 37.0 Å². The van der Waals surface area contributed by atoms with E-state index in [4.69, 9.17) is 0 Å². The average Bonchev–Trinajstić information content (AvgIpc) is 2.84. The number of nitrogens with one attached hydrogen (secondary N) is 2. The summed E-state index contributed by atoms with van der Waals surface area (Å²) in [6.45, 7) is 0.298. The van der Waals surface area contributed by atoms with Crippen molar-refractivity contribution in [1.29, 1.82) is 0 Å². The summed E-state index contributed by atoms with van der Waals surface area (Å²) >= 11 is 0. The van der Waals surface area contributed by atoms with E-state index in [2.05, 4.69) is 15.6 Å². The Hall–Kier alpha value is -2.15. The van der Waals surface area contributed by atoms with Crippen molar-refractivity contribution in [2.24, 2.45) is 0 Å². The quantitative estimate of drug-likeness (QED) is 0.890. The lowest BCUT2D eigenvalue weighted by molar-refractivity contribution is 0.237. The number of sulfone groups is 1. The molecule has 3 rings (SSSR count). The molecule has 2 N–H and O–H groups in total. The Labute approximate surface area is 128 Å². The van der Waals surface area contributed by atoms with Crippen molar-refractivity contribution < 1.29 is 13.2 Å². The Morgan fingerprint density at radius 3 is 2.86 bits per heavy atom. The van der Waals surface area contributed by atoms with Crippen LogP contribution in [0.25, 0.3) is 10.8 Å². The molecule has 22 heavy (non-hydrogen) atoms. The summed E-state index contributed by atoms with van der Waals surface area (Å²) in [5.41, 5.74) is 0.785. The van der Waals surface area contributed by atoms with E-state index in [-0.39, 0.29) is 23.6 Å². The van der Waals surface area contributed by atoms with E-state index in [0.29, 0.717) is 13.0 Å². The Bertz CT molecular complexity index is 799. The number of carbonyl (C=O) groups excluding carboxylic acids is 1. The molecular weight excluding hydrogens is 302 g/mol. The van der Waals surface area contributed by atoms with E-state index >= 15 is 0 Å². The lowest BCUT2D eigenvalue weighted by Gasteiger charge is -2.12. The molecule has 1 fully saturated rings. The largest absolute Gasteiger partial charge is 0.334 e. The Morgan fingerprint density at radius 1 is 1.27 bits per heavy atom. The third-order valence-corrected chi connectivity index (χ3v) is 5.51. The number of benzene rings is 1. The average molecular weight is 319 g/mol. The molecule has 0 radical (unpaired) electrons. The molecule has 2 heterocycles. The Kier molecular flexibility index (Phi) is 3.98. The van der Waals surface area contributed by atoms with E-state index in [1.165, 1.54) is 0 Å². The van der Waals surface area contributed by atoms with Gasteiger partial charge in [0.05, 0.1) is 23.7 Å². The molecule has 2 aromatic rings. The van der Waals surface area contributed by atoms with Gasteiger partial charge >= 0.3 is 6.03 Å². The molecule has 0 bridgehead atoms. The van der Waals surface area contributed by atoms with Crippen molar-refractivity contribution in [3.8, 4) is 0 Å². The number of nitrogens with zero attached hydrogens (tertiary/aromatic N) is 1. The number of urea groups is 1. The summed E-state index contributed by atoms with van der Waals surface area (Å²) < 4.78 is 22.7. The van der Waals surface area contributed by atoms with Gasteiger partial charge in [-0.1, -0.05) is 24.3 Å². The first kappa shape index (κ1) is 14.8. The summed E-state index contributed by atoms with van der Waals surface area (Å²) in [6, 6.07) is 9.08. The summed E-state index contributed by atoms with van der Waals surface area (Å²) in [7, 11) is -2.99. The summed E-state index contributed by atoms with van der Waals surface area (Å²) in [4.78, 5) is 16.2. The van der Waals surface area contributed by atoms with Gasteiger partial charge in [0.15, 0.2) is 9.84 Å². The number of aromatic nitrogens is 1. The van der Waals surface area contributed by atoms with Crippen molar-refractivity contribution in [1.82, 2.24) is 15.6 Å². The number of amides is 2. The molecule has 2 amide bonds. The zero-order valence-corrected chi connectivity index (χ0v) is 12.8. The molecule has 0 unspecified atom stereocenters. The number of pyridine rings is 1. The minimum absolute atomic E-state index is 0.0208. The number of rotatable bonds is 3. The van der Waals surface area contributed by atoms with Gasteiger partial charge in [-0.2, -0.15) is 0 Å². The molecule has 0 saturated carbocycles. The van der Waals surface area contributed by atoms with Gasteiger partial charge in [0.25, 0.3) is 0 Å². The lowest BCUT2D eigenvalue weighted by atomic mass is 10.1. The maximum atomic E-state index is 11.9. The van der Waals surface area contributed by atoms with Crippen molar-refractivity contribution in [2.75, 3.05) is 11.5 Å². The van der Waals surface area contributed by atoms with Crippen LogP contribution in [0.2, 0.25) is 0 Å². The van der Waals surface area contributed by atoms with Gasteiger partial charge in [0.1, 0.15) is 0 Å². The highest BCUT2D eigenvalue weighted by atomic mass is 32.2. The SMILES string of the molecule is O=C(NCc1nccc2ccccc12)N[C@H]1CCS(=O)(=O)C1. The number of carbonyl (C=O) groups is 1. The molecule has 1 aromatic carbocycles. The van der Waals surface area contributed by atoms with Gasteiger partial charge in [-0.3, -0.25) is 4.98 Å². The van der Waals surface area contributed by atoms with E-state index in [9.17, 15) is 13.2 Å². The number of fused-ring (bicyclic) bond motifs is 1. The van der Waals surface area contributed by atoms with Gasteiger partial charge in [0, 0.05) is 17.6 Å². The van der Waals surface area contributed by atoms with Crippen LogP contribution in [0, 0.1) is 0 Å². The molecule has 116 valence electrons. The predicted molar refractivity (Wildman–Crippen MR) is 84.2 cm³/mol. The molecule has 1 aliphatic heterocycles. The fourth-order valence-electron chi connectivity index (χ4n) is 2.63. The topological polar surface area (TPSA) is 88.2 Å². The second kappa shape index (κ2) is 5.92. The fraction of sp³-hybridized carbons (Fsp3) is 0.333. The van der Waals surface area contributed by atoms with E-state index < -0.39 is 9.84 Å². The van der Waals surface area contributed by atoms with Gasteiger partial charge in [-0.15, -0.1) is 0 Å². The molecule has 1 aliphatic rings. The van der Waals surface area contributed by atoms with Gasteiger partial charge in [0.2, 0.25) is 0 Å². The fourth-order valence-corrected chi connectivity index (χ4v) is 4.31. The first-order valence-electron chi connectivity index (χ1n) is 7.11. The molecule has 1 atom stereocenters. The van der Waals surface area contributed by atoms with Crippen LogP contribution >= 0.6 is 0 Å². The highest BCUT2D eigenvalue weighted by Gasteiger charge is 2.28. The highest BCUT2D eigenvalue weighted by molar-refractivity contribution is 7.91. The standard InChI is InChI=1S/C15H17N3O3S/c19-15(18-12-6-8-22(20,21)10-12)17-9-14-13-4-2-1-3-11(13)5-7-16-14/h1-5,7,12H,6,8-10H2,(H2,17,18,19)/t12-/m0/s1. The normalized spacial score (nSPS) is 19.9. The minimum Gasteiger partial charge on any atom is -0.334 e. The van der Waals surface area contributed by atoms with Gasteiger partial charge in [-0.25, -0.2) is 13.2 Å².